The normalized spacial score (nSPS) is 10.5. The first-order valence-electron chi connectivity index (χ1n) is 8.68. The highest BCUT2D eigenvalue weighted by Gasteiger charge is 2.12. The molecule has 138 valence electrons. The molecule has 0 radical (unpaired) electrons. The number of carbonyl (C=O) groups excluding carboxylic acids is 1. The van der Waals surface area contributed by atoms with Crippen LogP contribution in [-0.4, -0.2) is 23.2 Å². The molecule has 0 aliphatic heterocycles. The molecule has 1 N–H and O–H groups in total. The van der Waals surface area contributed by atoms with Crippen molar-refractivity contribution in [2.75, 3.05) is 12.4 Å². The van der Waals surface area contributed by atoms with Crippen LogP contribution < -0.4 is 10.1 Å². The summed E-state index contributed by atoms with van der Waals surface area (Å²) in [6, 6.07) is 23.7. The maximum atomic E-state index is 12.3. The lowest BCUT2D eigenvalue weighted by molar-refractivity contribution is 0.102. The molecule has 1 amide bonds. The molecule has 0 aliphatic rings. The van der Waals surface area contributed by atoms with Gasteiger partial charge >= 0.3 is 0 Å². The van der Waals surface area contributed by atoms with Gasteiger partial charge in [0.05, 0.1) is 7.11 Å². The van der Waals surface area contributed by atoms with Crippen molar-refractivity contribution in [2.24, 2.45) is 0 Å². The molecule has 0 spiro atoms. The third-order valence-corrected chi connectivity index (χ3v) is 4.18. The Hall–Kier alpha value is -3.93. The topological polar surface area (TPSA) is 77.3 Å². The van der Waals surface area contributed by atoms with Crippen molar-refractivity contribution >= 4 is 11.6 Å². The molecule has 0 atom stereocenters. The van der Waals surface area contributed by atoms with Crippen molar-refractivity contribution < 1.29 is 14.1 Å². The molecule has 4 aromatic rings. The van der Waals surface area contributed by atoms with Gasteiger partial charge in [0.1, 0.15) is 5.75 Å². The monoisotopic (exact) mass is 371 g/mol. The highest BCUT2D eigenvalue weighted by Crippen LogP contribution is 2.25. The highest BCUT2D eigenvalue weighted by molar-refractivity contribution is 6.04. The molecule has 0 unspecified atom stereocenters. The number of methoxy groups -OCH3 is 1. The zero-order valence-electron chi connectivity index (χ0n) is 15.1. The molecule has 4 rings (SSSR count). The fraction of sp³-hybridized carbons (Fsp3) is 0.0455. The molecule has 0 fully saturated rings. The lowest BCUT2D eigenvalue weighted by atomic mass is 10.1. The van der Waals surface area contributed by atoms with Gasteiger partial charge in [0.2, 0.25) is 5.82 Å². The second kappa shape index (κ2) is 7.75. The Morgan fingerprint density at radius 2 is 1.71 bits per heavy atom. The average Bonchev–Trinajstić information content (AvgIpc) is 3.25. The summed E-state index contributed by atoms with van der Waals surface area (Å²) in [7, 11) is 1.62. The molecule has 6 heteroatoms. The Morgan fingerprint density at radius 3 is 2.46 bits per heavy atom. The summed E-state index contributed by atoms with van der Waals surface area (Å²) < 4.78 is 10.6. The summed E-state index contributed by atoms with van der Waals surface area (Å²) in [5.41, 5.74) is 2.78. The van der Waals surface area contributed by atoms with E-state index in [1.807, 2.05) is 60.7 Å². The van der Waals surface area contributed by atoms with E-state index >= 15 is 0 Å². The van der Waals surface area contributed by atoms with E-state index in [0.717, 1.165) is 16.9 Å². The number of aromatic nitrogens is 2. The van der Waals surface area contributed by atoms with Crippen LogP contribution in [0.3, 0.4) is 0 Å². The second-order valence-corrected chi connectivity index (χ2v) is 6.05. The molecule has 6 nitrogen and oxygen atoms in total. The Balaban J connectivity index is 1.54. The van der Waals surface area contributed by atoms with Gasteiger partial charge in [-0.15, -0.1) is 0 Å². The van der Waals surface area contributed by atoms with Crippen molar-refractivity contribution in [3.8, 4) is 28.6 Å². The van der Waals surface area contributed by atoms with Crippen LogP contribution >= 0.6 is 0 Å². The summed E-state index contributed by atoms with van der Waals surface area (Å²) in [5.74, 6) is 1.44. The van der Waals surface area contributed by atoms with Crippen LogP contribution in [-0.2, 0) is 0 Å². The largest absolute Gasteiger partial charge is 0.497 e. The minimum Gasteiger partial charge on any atom is -0.497 e. The van der Waals surface area contributed by atoms with Crippen LogP contribution in [0.1, 0.15) is 10.4 Å². The van der Waals surface area contributed by atoms with Crippen LogP contribution in [0, 0.1) is 0 Å². The van der Waals surface area contributed by atoms with Gasteiger partial charge in [-0.25, -0.2) is 0 Å². The van der Waals surface area contributed by atoms with Gasteiger partial charge in [-0.3, -0.25) is 4.79 Å². The van der Waals surface area contributed by atoms with E-state index in [1.54, 1.807) is 25.3 Å². The predicted octanol–water partition coefficient (Wildman–Crippen LogP) is 4.66. The molecule has 0 saturated carbocycles. The lowest BCUT2D eigenvalue weighted by Crippen LogP contribution is -2.11. The van der Waals surface area contributed by atoms with E-state index in [-0.39, 0.29) is 5.91 Å². The van der Waals surface area contributed by atoms with Crippen molar-refractivity contribution in [3.63, 3.8) is 0 Å². The number of nitrogens with zero attached hydrogens (tertiary/aromatic N) is 2. The first-order chi connectivity index (χ1) is 13.7. The molecule has 1 heterocycles. The number of hydrogen-bond acceptors (Lipinski definition) is 5. The number of amides is 1. The summed E-state index contributed by atoms with van der Waals surface area (Å²) >= 11 is 0. The number of carbonyl (C=O) groups is 1. The van der Waals surface area contributed by atoms with E-state index < -0.39 is 0 Å². The van der Waals surface area contributed by atoms with E-state index in [2.05, 4.69) is 15.5 Å². The van der Waals surface area contributed by atoms with Crippen LogP contribution in [0.4, 0.5) is 5.69 Å². The van der Waals surface area contributed by atoms with Crippen molar-refractivity contribution in [1.82, 2.24) is 10.1 Å². The molecule has 28 heavy (non-hydrogen) atoms. The number of hydrogen-bond donors (Lipinski definition) is 1. The van der Waals surface area contributed by atoms with Crippen molar-refractivity contribution in [3.05, 3.63) is 84.4 Å². The molecule has 0 aliphatic carbocycles. The van der Waals surface area contributed by atoms with Gasteiger partial charge in [-0.05, 0) is 54.6 Å². The molecular weight excluding hydrogens is 354 g/mol. The Labute approximate surface area is 161 Å². The summed E-state index contributed by atoms with van der Waals surface area (Å²) in [4.78, 5) is 16.8. The Kier molecular flexibility index (Phi) is 4.84. The van der Waals surface area contributed by atoms with E-state index in [9.17, 15) is 4.79 Å². The molecule has 0 bridgehead atoms. The van der Waals surface area contributed by atoms with Crippen LogP contribution in [0.15, 0.2) is 83.4 Å². The molecular formula is C22H17N3O3. The lowest BCUT2D eigenvalue weighted by Gasteiger charge is -2.06. The molecule has 1 aromatic heterocycles. The highest BCUT2D eigenvalue weighted by atomic mass is 16.5. The zero-order valence-corrected chi connectivity index (χ0v) is 15.1. The SMILES string of the molecule is COc1ccc(-c2noc(-c3cccc(NC(=O)c4ccccc4)c3)n2)cc1. The fourth-order valence-corrected chi connectivity index (χ4v) is 2.72. The number of benzene rings is 3. The quantitative estimate of drug-likeness (QED) is 0.552. The van der Waals surface area contributed by atoms with Crippen LogP contribution in [0.5, 0.6) is 5.75 Å². The van der Waals surface area contributed by atoms with Gasteiger partial charge in [0.15, 0.2) is 0 Å². The van der Waals surface area contributed by atoms with E-state index in [4.69, 9.17) is 9.26 Å². The summed E-state index contributed by atoms with van der Waals surface area (Å²) in [6.07, 6.45) is 0. The first-order valence-corrected chi connectivity index (χ1v) is 8.68. The van der Waals surface area contributed by atoms with Gasteiger partial charge in [0, 0.05) is 22.4 Å². The standard InChI is InChI=1S/C22H17N3O3/c1-27-19-12-10-15(11-13-19)20-24-22(28-25-20)17-8-5-9-18(14-17)23-21(26)16-6-3-2-4-7-16/h2-14H,1H3,(H,23,26). The minimum atomic E-state index is -0.179. The van der Waals surface area contributed by atoms with E-state index in [0.29, 0.717) is 23.0 Å². The number of nitrogens with one attached hydrogen (secondary N) is 1. The first kappa shape index (κ1) is 17.5. The van der Waals surface area contributed by atoms with Gasteiger partial charge in [0.25, 0.3) is 11.8 Å². The molecule has 3 aromatic carbocycles. The van der Waals surface area contributed by atoms with Crippen molar-refractivity contribution in [2.45, 2.75) is 0 Å². The summed E-state index contributed by atoms with van der Waals surface area (Å²) in [5, 5.41) is 6.92. The maximum Gasteiger partial charge on any atom is 0.258 e. The third kappa shape index (κ3) is 3.76. The van der Waals surface area contributed by atoms with Crippen LogP contribution in [0.25, 0.3) is 22.8 Å². The van der Waals surface area contributed by atoms with Gasteiger partial charge in [-0.1, -0.05) is 29.4 Å². The molecule has 0 saturated heterocycles. The number of ether oxygens (including phenoxy) is 1. The predicted molar refractivity (Wildman–Crippen MR) is 106 cm³/mol. The second-order valence-electron chi connectivity index (χ2n) is 6.05. The van der Waals surface area contributed by atoms with Crippen molar-refractivity contribution in [1.29, 1.82) is 0 Å². The Bertz CT molecular complexity index is 1090. The zero-order chi connectivity index (χ0) is 19.3. The smallest absolute Gasteiger partial charge is 0.258 e. The fourth-order valence-electron chi connectivity index (χ4n) is 2.72. The minimum absolute atomic E-state index is 0.179. The van der Waals surface area contributed by atoms with Gasteiger partial charge in [-0.2, -0.15) is 4.98 Å². The van der Waals surface area contributed by atoms with E-state index in [1.165, 1.54) is 0 Å². The number of anilines is 1. The third-order valence-electron chi connectivity index (χ3n) is 4.18. The van der Waals surface area contributed by atoms with Gasteiger partial charge < -0.3 is 14.6 Å². The maximum absolute atomic E-state index is 12.3. The average molecular weight is 371 g/mol. The Morgan fingerprint density at radius 1 is 0.929 bits per heavy atom. The number of rotatable bonds is 5. The van der Waals surface area contributed by atoms with Crippen LogP contribution in [0.2, 0.25) is 0 Å². The summed E-state index contributed by atoms with van der Waals surface area (Å²) in [6.45, 7) is 0.